The summed E-state index contributed by atoms with van der Waals surface area (Å²) in [5.74, 6) is 2.48. The van der Waals surface area contributed by atoms with E-state index in [-0.39, 0.29) is 0 Å². The molecule has 0 bridgehead atoms. The van der Waals surface area contributed by atoms with Gasteiger partial charge >= 0.3 is 0 Å². The van der Waals surface area contributed by atoms with E-state index in [1.807, 2.05) is 84.9 Å². The molecule has 9 rings (SSSR count). The van der Waals surface area contributed by atoms with Crippen molar-refractivity contribution in [2.75, 3.05) is 0 Å². The Morgan fingerprint density at radius 1 is 0.362 bits per heavy atom. The quantitative estimate of drug-likeness (QED) is 0.196. The van der Waals surface area contributed by atoms with Crippen molar-refractivity contribution >= 4 is 32.6 Å². The van der Waals surface area contributed by atoms with Crippen LogP contribution in [0.25, 0.3) is 89.4 Å². The molecule has 5 nitrogen and oxygen atoms in total. The Labute approximate surface area is 270 Å². The monoisotopic (exact) mass is 602 g/mol. The molecule has 9 aromatic rings. The van der Waals surface area contributed by atoms with Crippen LogP contribution in [0.15, 0.2) is 162 Å². The van der Waals surface area contributed by atoms with Gasteiger partial charge in [0, 0.05) is 27.8 Å². The van der Waals surface area contributed by atoms with Gasteiger partial charge in [-0.25, -0.2) is 19.9 Å². The highest BCUT2D eigenvalue weighted by Crippen LogP contribution is 2.43. The Hall–Kier alpha value is -6.46. The van der Waals surface area contributed by atoms with Crippen molar-refractivity contribution in [3.05, 3.63) is 158 Å². The van der Waals surface area contributed by atoms with Crippen LogP contribution in [0, 0.1) is 0 Å². The van der Waals surface area contributed by atoms with Gasteiger partial charge in [-0.3, -0.25) is 0 Å². The van der Waals surface area contributed by atoms with Crippen LogP contribution in [0.3, 0.4) is 0 Å². The van der Waals surface area contributed by atoms with Crippen molar-refractivity contribution in [2.45, 2.75) is 0 Å². The second-order valence-electron chi connectivity index (χ2n) is 11.4. The lowest BCUT2D eigenvalue weighted by Gasteiger charge is -2.17. The summed E-state index contributed by atoms with van der Waals surface area (Å²) in [5.41, 5.74) is 7.49. The van der Waals surface area contributed by atoms with Gasteiger partial charge in [-0.2, -0.15) is 0 Å². The van der Waals surface area contributed by atoms with Gasteiger partial charge in [0.2, 0.25) is 5.89 Å². The molecule has 7 aromatic carbocycles. The highest BCUT2D eigenvalue weighted by molar-refractivity contribution is 6.12. The smallest absolute Gasteiger partial charge is 0.227 e. The molecular weight excluding hydrogens is 576 g/mol. The molecule has 0 amide bonds. The Morgan fingerprint density at radius 2 is 0.894 bits per heavy atom. The summed E-state index contributed by atoms with van der Waals surface area (Å²) >= 11 is 0. The maximum Gasteiger partial charge on any atom is 0.227 e. The molecule has 0 atom stereocenters. The second kappa shape index (κ2) is 11.2. The molecule has 47 heavy (non-hydrogen) atoms. The number of oxazole rings is 1. The normalized spacial score (nSPS) is 11.4. The van der Waals surface area contributed by atoms with Gasteiger partial charge in [-0.1, -0.05) is 133 Å². The van der Waals surface area contributed by atoms with Crippen molar-refractivity contribution in [3.63, 3.8) is 0 Å². The Morgan fingerprint density at radius 3 is 1.60 bits per heavy atom. The van der Waals surface area contributed by atoms with E-state index >= 15 is 0 Å². The molecule has 0 spiro atoms. The van der Waals surface area contributed by atoms with Gasteiger partial charge in [0.25, 0.3) is 0 Å². The van der Waals surface area contributed by atoms with E-state index in [4.69, 9.17) is 24.4 Å². The van der Waals surface area contributed by atoms with Crippen molar-refractivity contribution in [1.29, 1.82) is 0 Å². The number of rotatable bonds is 5. The van der Waals surface area contributed by atoms with E-state index in [1.165, 1.54) is 0 Å². The molecule has 0 saturated carbocycles. The van der Waals surface area contributed by atoms with Crippen molar-refractivity contribution in [1.82, 2.24) is 19.9 Å². The lowest BCUT2D eigenvalue weighted by molar-refractivity contribution is 0.620. The summed E-state index contributed by atoms with van der Waals surface area (Å²) in [6, 6.07) is 53.6. The van der Waals surface area contributed by atoms with Gasteiger partial charge in [-0.05, 0) is 51.4 Å². The van der Waals surface area contributed by atoms with Crippen LogP contribution in [-0.4, -0.2) is 19.9 Å². The summed E-state index contributed by atoms with van der Waals surface area (Å²) in [5, 5.41) is 4.40. The first-order valence-electron chi connectivity index (χ1n) is 15.6. The lowest BCUT2D eigenvalue weighted by Crippen LogP contribution is -2.01. The minimum Gasteiger partial charge on any atom is -0.436 e. The average Bonchev–Trinajstić information content (AvgIpc) is 3.59. The van der Waals surface area contributed by atoms with Gasteiger partial charge < -0.3 is 4.42 Å². The zero-order chi connectivity index (χ0) is 31.2. The van der Waals surface area contributed by atoms with E-state index in [0.717, 1.165) is 66.0 Å². The maximum atomic E-state index is 6.24. The van der Waals surface area contributed by atoms with E-state index in [1.54, 1.807) is 0 Å². The molecule has 2 aromatic heterocycles. The van der Waals surface area contributed by atoms with Gasteiger partial charge in [0.05, 0.1) is 0 Å². The third-order valence-electron chi connectivity index (χ3n) is 8.59. The molecule has 0 fully saturated rings. The first-order valence-corrected chi connectivity index (χ1v) is 15.6. The number of fused-ring (bicyclic) bond motifs is 3. The van der Waals surface area contributed by atoms with Crippen LogP contribution in [0.2, 0.25) is 0 Å². The van der Waals surface area contributed by atoms with Gasteiger partial charge in [0.1, 0.15) is 5.52 Å². The molecule has 0 aliphatic carbocycles. The molecule has 0 unspecified atom stereocenters. The van der Waals surface area contributed by atoms with E-state index < -0.39 is 0 Å². The average molecular weight is 603 g/mol. The minimum atomic E-state index is 0.601. The number of hydrogen-bond donors (Lipinski definition) is 0. The topological polar surface area (TPSA) is 64.7 Å². The van der Waals surface area contributed by atoms with Crippen LogP contribution in [0.5, 0.6) is 0 Å². The fourth-order valence-electron chi connectivity index (χ4n) is 6.37. The molecule has 220 valence electrons. The van der Waals surface area contributed by atoms with Crippen LogP contribution >= 0.6 is 0 Å². The predicted molar refractivity (Wildman–Crippen MR) is 190 cm³/mol. The minimum absolute atomic E-state index is 0.601. The summed E-state index contributed by atoms with van der Waals surface area (Å²) in [7, 11) is 0. The SMILES string of the molecule is c1ccc(-c2nc(-c3ccccc3)nc(-c3ccc4ccccc4c3-c3ccc(-c4nc5ccccc5o4)c4ccccc34)n2)cc1. The lowest BCUT2D eigenvalue weighted by atomic mass is 9.88. The third kappa shape index (κ3) is 4.73. The maximum absolute atomic E-state index is 6.24. The fourth-order valence-corrected chi connectivity index (χ4v) is 6.37. The Kier molecular flexibility index (Phi) is 6.39. The third-order valence-corrected chi connectivity index (χ3v) is 8.59. The van der Waals surface area contributed by atoms with E-state index in [0.29, 0.717) is 23.4 Å². The molecular formula is C42H26N4O. The van der Waals surface area contributed by atoms with Gasteiger partial charge in [-0.15, -0.1) is 0 Å². The first-order chi connectivity index (χ1) is 23.3. The number of benzene rings is 7. The molecule has 0 N–H and O–H groups in total. The van der Waals surface area contributed by atoms with Crippen LogP contribution in [0.4, 0.5) is 0 Å². The molecule has 0 aliphatic rings. The summed E-state index contributed by atoms with van der Waals surface area (Å²) in [4.78, 5) is 20.0. The fraction of sp³-hybridized carbons (Fsp3) is 0. The summed E-state index contributed by atoms with van der Waals surface area (Å²) in [6.45, 7) is 0. The Bertz CT molecular complexity index is 2480. The molecule has 5 heteroatoms. The van der Waals surface area contributed by atoms with Crippen LogP contribution in [0.1, 0.15) is 0 Å². The zero-order valence-corrected chi connectivity index (χ0v) is 25.2. The van der Waals surface area contributed by atoms with E-state index in [9.17, 15) is 0 Å². The Balaban J connectivity index is 1.32. The van der Waals surface area contributed by atoms with Crippen molar-refractivity contribution in [3.8, 4) is 56.7 Å². The zero-order valence-electron chi connectivity index (χ0n) is 25.2. The standard InChI is InChI=1S/C42H26N4O/c1-3-14-28(15-4-1)39-44-40(29-16-5-2-6-17-29)46-41(45-39)35-24-23-27-13-7-8-18-30(27)38(35)33-25-26-34(32-20-10-9-19-31(32)33)42-43-36-21-11-12-22-37(36)47-42/h1-26H. The highest BCUT2D eigenvalue weighted by atomic mass is 16.3. The predicted octanol–water partition coefficient (Wildman–Crippen LogP) is 10.7. The second-order valence-corrected chi connectivity index (χ2v) is 11.4. The first kappa shape index (κ1) is 26.9. The van der Waals surface area contributed by atoms with Gasteiger partial charge in [0.15, 0.2) is 23.1 Å². The summed E-state index contributed by atoms with van der Waals surface area (Å²) in [6.07, 6.45) is 0. The highest BCUT2D eigenvalue weighted by Gasteiger charge is 2.21. The number of para-hydroxylation sites is 2. The van der Waals surface area contributed by atoms with Crippen molar-refractivity contribution < 1.29 is 4.42 Å². The molecule has 0 radical (unpaired) electrons. The summed E-state index contributed by atoms with van der Waals surface area (Å²) < 4.78 is 6.24. The van der Waals surface area contributed by atoms with Crippen LogP contribution < -0.4 is 0 Å². The number of hydrogen-bond acceptors (Lipinski definition) is 5. The number of aromatic nitrogens is 4. The largest absolute Gasteiger partial charge is 0.436 e. The molecule has 0 saturated heterocycles. The molecule has 2 heterocycles. The molecule has 0 aliphatic heterocycles. The number of nitrogens with zero attached hydrogens (tertiary/aromatic N) is 4. The van der Waals surface area contributed by atoms with E-state index in [2.05, 4.69) is 72.8 Å². The van der Waals surface area contributed by atoms with Crippen LogP contribution in [-0.2, 0) is 0 Å². The van der Waals surface area contributed by atoms with Crippen molar-refractivity contribution in [2.24, 2.45) is 0 Å².